The van der Waals surface area contributed by atoms with Crippen molar-refractivity contribution >= 4 is 34.5 Å². The van der Waals surface area contributed by atoms with Gasteiger partial charge in [0.05, 0.1) is 0 Å². The summed E-state index contributed by atoms with van der Waals surface area (Å²) in [7, 11) is 0. The number of nitrogens with one attached hydrogen (secondary N) is 3. The van der Waals surface area contributed by atoms with Gasteiger partial charge in [0.1, 0.15) is 5.69 Å². The van der Waals surface area contributed by atoms with E-state index in [4.69, 9.17) is 4.74 Å². The van der Waals surface area contributed by atoms with Crippen molar-refractivity contribution in [2.75, 3.05) is 5.32 Å². The number of carbonyl (C=O) groups is 3. The molecule has 26 heavy (non-hydrogen) atoms. The monoisotopic (exact) mass is 351 g/mol. The van der Waals surface area contributed by atoms with Gasteiger partial charge in [0.2, 0.25) is 0 Å². The van der Waals surface area contributed by atoms with Crippen molar-refractivity contribution in [3.63, 3.8) is 0 Å². The Morgan fingerprint density at radius 3 is 2.42 bits per heavy atom. The number of ether oxygens (including phenoxy) is 1. The van der Waals surface area contributed by atoms with Crippen LogP contribution in [0.25, 0.3) is 10.9 Å². The highest BCUT2D eigenvalue weighted by atomic mass is 16.5. The van der Waals surface area contributed by atoms with Crippen molar-refractivity contribution in [2.24, 2.45) is 0 Å². The Labute approximate surface area is 149 Å². The lowest BCUT2D eigenvalue weighted by molar-refractivity contribution is -0.127. The lowest BCUT2D eigenvalue weighted by atomic mass is 10.2. The van der Waals surface area contributed by atoms with Crippen molar-refractivity contribution in [1.82, 2.24) is 10.3 Å². The molecule has 0 aliphatic rings. The van der Waals surface area contributed by atoms with Crippen LogP contribution in [-0.2, 0) is 9.53 Å². The summed E-state index contributed by atoms with van der Waals surface area (Å²) >= 11 is 0. The molecule has 3 aromatic rings. The fourth-order valence-corrected chi connectivity index (χ4v) is 2.36. The minimum absolute atomic E-state index is 0.236. The minimum atomic E-state index is -1.13. The van der Waals surface area contributed by atoms with E-state index in [0.717, 1.165) is 10.9 Å². The topological polar surface area (TPSA) is 100 Å². The number of rotatable bonds is 4. The lowest BCUT2D eigenvalue weighted by Crippen LogP contribution is -2.41. The Morgan fingerprint density at radius 2 is 1.69 bits per heavy atom. The highest BCUT2D eigenvalue weighted by molar-refractivity contribution is 6.03. The van der Waals surface area contributed by atoms with Gasteiger partial charge in [-0.05, 0) is 31.2 Å². The van der Waals surface area contributed by atoms with E-state index in [1.807, 2.05) is 24.3 Å². The molecule has 0 spiro atoms. The first-order valence-corrected chi connectivity index (χ1v) is 7.98. The molecule has 0 aliphatic carbocycles. The summed E-state index contributed by atoms with van der Waals surface area (Å²) in [5, 5.41) is 5.51. The van der Waals surface area contributed by atoms with E-state index in [-0.39, 0.29) is 5.69 Å². The molecule has 3 N–H and O–H groups in total. The Morgan fingerprint density at radius 1 is 1.00 bits per heavy atom. The fourth-order valence-electron chi connectivity index (χ4n) is 2.36. The summed E-state index contributed by atoms with van der Waals surface area (Å²) in [6.45, 7) is 1.39. The van der Waals surface area contributed by atoms with Crippen LogP contribution >= 0.6 is 0 Å². The van der Waals surface area contributed by atoms with Crippen molar-refractivity contribution in [1.29, 1.82) is 0 Å². The number of imide groups is 1. The second kappa shape index (κ2) is 7.52. The third-order valence-corrected chi connectivity index (χ3v) is 3.67. The third kappa shape index (κ3) is 4.07. The number of amides is 3. The van der Waals surface area contributed by atoms with Gasteiger partial charge in [-0.1, -0.05) is 36.4 Å². The van der Waals surface area contributed by atoms with Crippen LogP contribution in [0.1, 0.15) is 17.4 Å². The summed E-state index contributed by atoms with van der Waals surface area (Å²) in [4.78, 5) is 38.9. The molecule has 1 atom stereocenters. The zero-order valence-electron chi connectivity index (χ0n) is 14.0. The van der Waals surface area contributed by atoms with Gasteiger partial charge in [-0.25, -0.2) is 9.59 Å². The molecule has 0 bridgehead atoms. The van der Waals surface area contributed by atoms with Crippen LogP contribution in [0.2, 0.25) is 0 Å². The molecule has 3 amide bonds. The van der Waals surface area contributed by atoms with E-state index in [2.05, 4.69) is 15.6 Å². The molecule has 2 aromatic carbocycles. The Kier molecular flexibility index (Phi) is 4.98. The van der Waals surface area contributed by atoms with Crippen LogP contribution in [0.15, 0.2) is 60.7 Å². The number of hydrogen-bond acceptors (Lipinski definition) is 4. The molecule has 1 heterocycles. The van der Waals surface area contributed by atoms with Crippen LogP contribution in [0.3, 0.4) is 0 Å². The van der Waals surface area contributed by atoms with Crippen LogP contribution < -0.4 is 10.6 Å². The lowest BCUT2D eigenvalue weighted by Gasteiger charge is -2.12. The number of hydrogen-bond donors (Lipinski definition) is 3. The summed E-state index contributed by atoms with van der Waals surface area (Å²) < 4.78 is 5.12. The number of aromatic nitrogens is 1. The van der Waals surface area contributed by atoms with Crippen molar-refractivity contribution in [3.05, 3.63) is 66.4 Å². The number of esters is 1. The number of anilines is 1. The molecular formula is C19H17N3O4. The van der Waals surface area contributed by atoms with E-state index >= 15 is 0 Å². The molecule has 0 fully saturated rings. The molecule has 7 heteroatoms. The zero-order valence-corrected chi connectivity index (χ0v) is 14.0. The molecular weight excluding hydrogens is 334 g/mol. The van der Waals surface area contributed by atoms with Gasteiger partial charge >= 0.3 is 12.0 Å². The van der Waals surface area contributed by atoms with Crippen LogP contribution in [0.4, 0.5) is 10.5 Å². The first-order chi connectivity index (χ1) is 12.5. The van der Waals surface area contributed by atoms with Gasteiger partial charge in [-0.2, -0.15) is 0 Å². The van der Waals surface area contributed by atoms with Crippen molar-refractivity contribution in [3.8, 4) is 0 Å². The molecule has 7 nitrogen and oxygen atoms in total. The van der Waals surface area contributed by atoms with E-state index in [9.17, 15) is 14.4 Å². The maximum Gasteiger partial charge on any atom is 0.355 e. The Balaban J connectivity index is 1.56. The van der Waals surface area contributed by atoms with Gasteiger partial charge < -0.3 is 15.0 Å². The number of carbonyl (C=O) groups excluding carboxylic acids is 3. The standard InChI is InChI=1S/C19H17N3O4/c1-12(17(23)22-19(25)20-14-8-3-2-4-9-14)26-18(24)16-11-13-7-5-6-10-15(13)21-16/h2-12,21H,1H3,(H2,20,22,23,25). The van der Waals surface area contributed by atoms with Crippen molar-refractivity contribution < 1.29 is 19.1 Å². The number of H-pyrrole nitrogens is 1. The predicted molar refractivity (Wildman–Crippen MR) is 96.8 cm³/mol. The quantitative estimate of drug-likeness (QED) is 0.629. The second-order valence-corrected chi connectivity index (χ2v) is 5.63. The second-order valence-electron chi connectivity index (χ2n) is 5.63. The maximum absolute atomic E-state index is 12.2. The maximum atomic E-state index is 12.2. The smallest absolute Gasteiger partial charge is 0.355 e. The molecule has 1 unspecified atom stereocenters. The number of para-hydroxylation sites is 2. The van der Waals surface area contributed by atoms with E-state index in [1.54, 1.807) is 36.4 Å². The molecule has 0 radical (unpaired) electrons. The van der Waals surface area contributed by atoms with Gasteiger partial charge in [0.15, 0.2) is 6.10 Å². The van der Waals surface area contributed by atoms with Crippen LogP contribution in [0, 0.1) is 0 Å². The number of aromatic amines is 1. The third-order valence-electron chi connectivity index (χ3n) is 3.67. The van der Waals surface area contributed by atoms with Gasteiger partial charge in [-0.3, -0.25) is 10.1 Å². The first kappa shape index (κ1) is 17.2. The zero-order chi connectivity index (χ0) is 18.5. The van der Waals surface area contributed by atoms with Crippen molar-refractivity contribution in [2.45, 2.75) is 13.0 Å². The van der Waals surface area contributed by atoms with E-state index in [1.165, 1.54) is 6.92 Å². The summed E-state index contributed by atoms with van der Waals surface area (Å²) in [6, 6.07) is 17.0. The number of fused-ring (bicyclic) bond motifs is 1. The number of urea groups is 1. The number of benzene rings is 2. The van der Waals surface area contributed by atoms with Gasteiger partial charge in [0.25, 0.3) is 5.91 Å². The molecule has 132 valence electrons. The first-order valence-electron chi connectivity index (χ1n) is 7.98. The summed E-state index contributed by atoms with van der Waals surface area (Å²) in [5.41, 5.74) is 1.57. The average molecular weight is 351 g/mol. The Bertz CT molecular complexity index is 917. The minimum Gasteiger partial charge on any atom is -0.448 e. The highest BCUT2D eigenvalue weighted by Gasteiger charge is 2.21. The SMILES string of the molecule is CC(OC(=O)c1cc2ccccc2[nH]1)C(=O)NC(=O)Nc1ccccc1. The highest BCUT2D eigenvalue weighted by Crippen LogP contribution is 2.15. The van der Waals surface area contributed by atoms with Gasteiger partial charge in [0, 0.05) is 16.6 Å². The predicted octanol–water partition coefficient (Wildman–Crippen LogP) is 3.06. The normalized spacial score (nSPS) is 11.6. The fraction of sp³-hybridized carbons (Fsp3) is 0.105. The summed E-state index contributed by atoms with van der Waals surface area (Å²) in [6.07, 6.45) is -1.13. The molecule has 0 aliphatic heterocycles. The van der Waals surface area contributed by atoms with Gasteiger partial charge in [-0.15, -0.1) is 0 Å². The molecule has 1 aromatic heterocycles. The largest absolute Gasteiger partial charge is 0.448 e. The average Bonchev–Trinajstić information content (AvgIpc) is 3.06. The van der Waals surface area contributed by atoms with E-state index in [0.29, 0.717) is 5.69 Å². The summed E-state index contributed by atoms with van der Waals surface area (Å²) in [5.74, 6) is -1.39. The van der Waals surface area contributed by atoms with E-state index < -0.39 is 24.0 Å². The molecule has 0 saturated carbocycles. The molecule has 3 rings (SSSR count). The van der Waals surface area contributed by atoms with Crippen LogP contribution in [0.5, 0.6) is 0 Å². The molecule has 0 saturated heterocycles. The van der Waals surface area contributed by atoms with Crippen LogP contribution in [-0.4, -0.2) is 29.0 Å². The Hall–Kier alpha value is -3.61.